The van der Waals surface area contributed by atoms with Crippen LogP contribution in [0.2, 0.25) is 0 Å². The van der Waals surface area contributed by atoms with E-state index in [0.29, 0.717) is 17.8 Å². The molecule has 8 rings (SSSR count). The van der Waals surface area contributed by atoms with Crippen molar-refractivity contribution in [2.24, 2.45) is 16.8 Å². The van der Waals surface area contributed by atoms with Gasteiger partial charge in [0.1, 0.15) is 0 Å². The molecule has 3 atom stereocenters. The van der Waals surface area contributed by atoms with Gasteiger partial charge in [-0.05, 0) is 137 Å². The highest BCUT2D eigenvalue weighted by atomic mass is 14.7. The number of aromatic nitrogens is 1. The van der Waals surface area contributed by atoms with E-state index in [1.54, 1.807) is 11.1 Å². The summed E-state index contributed by atoms with van der Waals surface area (Å²) in [7, 11) is 0. The van der Waals surface area contributed by atoms with Gasteiger partial charge >= 0.3 is 0 Å². The molecule has 2 heteroatoms. The highest BCUT2D eigenvalue weighted by Crippen LogP contribution is 2.55. The average Bonchev–Trinajstić information content (AvgIpc) is 3.11. The first kappa shape index (κ1) is 27.3. The van der Waals surface area contributed by atoms with Crippen LogP contribution in [0.15, 0.2) is 148 Å². The molecule has 0 saturated heterocycles. The van der Waals surface area contributed by atoms with Crippen molar-refractivity contribution in [3.05, 3.63) is 160 Å². The van der Waals surface area contributed by atoms with Gasteiger partial charge in [0.25, 0.3) is 0 Å². The fraction of sp³-hybridized carbons (Fsp3) is 0.286. The minimum atomic E-state index is 0.324. The molecule has 5 aliphatic carbocycles. The molecule has 3 unspecified atom stereocenters. The lowest BCUT2D eigenvalue weighted by Gasteiger charge is -2.43. The van der Waals surface area contributed by atoms with Gasteiger partial charge in [0.05, 0.1) is 0 Å². The lowest BCUT2D eigenvalue weighted by Crippen LogP contribution is -2.30. The van der Waals surface area contributed by atoms with E-state index in [0.717, 1.165) is 51.5 Å². The molecule has 0 radical (unpaired) electrons. The normalized spacial score (nSPS) is 26.0. The van der Waals surface area contributed by atoms with Crippen molar-refractivity contribution in [3.63, 3.8) is 0 Å². The highest BCUT2D eigenvalue weighted by Gasteiger charge is 2.40. The molecule has 0 amide bonds. The number of aliphatic imine (C=N–C) groups is 1. The van der Waals surface area contributed by atoms with Crippen LogP contribution in [0.4, 0.5) is 0 Å². The Morgan fingerprint density at radius 2 is 1.70 bits per heavy atom. The third-order valence-corrected chi connectivity index (χ3v) is 10.4. The van der Waals surface area contributed by atoms with Gasteiger partial charge in [-0.25, -0.2) is 0 Å². The zero-order valence-corrected chi connectivity index (χ0v) is 25.5. The summed E-state index contributed by atoms with van der Waals surface area (Å²) in [6.45, 7) is 0.878. The predicted molar refractivity (Wildman–Crippen MR) is 184 cm³/mol. The van der Waals surface area contributed by atoms with Gasteiger partial charge in [-0.2, -0.15) is 0 Å². The van der Waals surface area contributed by atoms with Gasteiger partial charge < -0.3 is 0 Å². The van der Waals surface area contributed by atoms with Crippen molar-refractivity contribution in [2.45, 2.75) is 57.3 Å². The molecular formula is C42H40N2. The third kappa shape index (κ3) is 5.11. The van der Waals surface area contributed by atoms with E-state index in [9.17, 15) is 0 Å². The number of benzene rings is 1. The first-order valence-corrected chi connectivity index (χ1v) is 16.6. The zero-order valence-electron chi connectivity index (χ0n) is 25.5. The number of hydrogen-bond donors (Lipinski definition) is 0. The van der Waals surface area contributed by atoms with Crippen molar-refractivity contribution < 1.29 is 0 Å². The van der Waals surface area contributed by atoms with Crippen molar-refractivity contribution in [1.82, 2.24) is 4.98 Å². The number of dihydropyridines is 1. The Kier molecular flexibility index (Phi) is 7.44. The Labute approximate surface area is 262 Å². The second kappa shape index (κ2) is 12.0. The van der Waals surface area contributed by atoms with Gasteiger partial charge in [-0.15, -0.1) is 0 Å². The molecule has 1 aliphatic heterocycles. The monoisotopic (exact) mass is 572 g/mol. The van der Waals surface area contributed by atoms with E-state index in [-0.39, 0.29) is 0 Å². The topological polar surface area (TPSA) is 25.2 Å². The predicted octanol–water partition coefficient (Wildman–Crippen LogP) is 10.3. The van der Waals surface area contributed by atoms with Crippen molar-refractivity contribution in [2.75, 3.05) is 6.54 Å². The Morgan fingerprint density at radius 1 is 0.795 bits per heavy atom. The molecule has 218 valence electrons. The van der Waals surface area contributed by atoms with Crippen LogP contribution < -0.4 is 0 Å². The van der Waals surface area contributed by atoms with E-state index in [1.165, 1.54) is 56.5 Å². The van der Waals surface area contributed by atoms with E-state index in [1.807, 2.05) is 18.6 Å². The lowest BCUT2D eigenvalue weighted by atomic mass is 9.61. The molecule has 2 aromatic rings. The molecule has 0 bridgehead atoms. The van der Waals surface area contributed by atoms with E-state index in [4.69, 9.17) is 0 Å². The molecule has 0 saturated carbocycles. The standard InChI is InChI=1S/C42H40N2/c1-2-8-29(9-3-1)34-16-17-39-40(28-34)42(36-13-7-11-33(27-36)31-20-24-44-25-21-31)38-15-5-4-14-37(38)41(39)35-12-6-10-32(26-35)30-18-22-43-23-19-30/h1-2,6,8,10,12-18,20-22,24-26,28,33,40,42H,3-5,7,9,11,19,23,27H2. The van der Waals surface area contributed by atoms with Crippen LogP contribution in [0.25, 0.3) is 11.1 Å². The van der Waals surface area contributed by atoms with Crippen LogP contribution in [-0.4, -0.2) is 17.7 Å². The van der Waals surface area contributed by atoms with Crippen LogP contribution in [0.5, 0.6) is 0 Å². The molecule has 0 spiro atoms. The van der Waals surface area contributed by atoms with E-state index in [2.05, 4.69) is 107 Å². The first-order chi connectivity index (χ1) is 21.8. The highest BCUT2D eigenvalue weighted by molar-refractivity contribution is 5.93. The Hall–Kier alpha value is -4.30. The molecule has 1 aromatic carbocycles. The maximum absolute atomic E-state index is 4.44. The van der Waals surface area contributed by atoms with Crippen LogP contribution in [0.1, 0.15) is 74.0 Å². The summed E-state index contributed by atoms with van der Waals surface area (Å²) < 4.78 is 0. The summed E-state index contributed by atoms with van der Waals surface area (Å²) >= 11 is 0. The first-order valence-electron chi connectivity index (χ1n) is 16.6. The molecule has 2 heterocycles. The van der Waals surface area contributed by atoms with Gasteiger partial charge in [-0.1, -0.05) is 78.5 Å². The van der Waals surface area contributed by atoms with Crippen LogP contribution in [0, 0.1) is 11.8 Å². The summed E-state index contributed by atoms with van der Waals surface area (Å²) in [5, 5.41) is 0. The molecule has 44 heavy (non-hydrogen) atoms. The number of rotatable bonds is 5. The summed E-state index contributed by atoms with van der Waals surface area (Å²) in [5.41, 5.74) is 16.0. The summed E-state index contributed by atoms with van der Waals surface area (Å²) in [6.07, 6.45) is 39.2. The minimum Gasteiger partial charge on any atom is -0.293 e. The second-order valence-electron chi connectivity index (χ2n) is 12.9. The van der Waals surface area contributed by atoms with Gasteiger partial charge in [-0.3, -0.25) is 9.98 Å². The van der Waals surface area contributed by atoms with Crippen LogP contribution in [-0.2, 0) is 0 Å². The molecule has 2 nitrogen and oxygen atoms in total. The SMILES string of the molecule is C1=CCCC(C2=CC3C(=C(c4cccc(C5=CC=NCC5)c4)C4=CCCC=C4C3C3=CCCC(c4ccncc4)C3)C=C2)=C1. The fourth-order valence-electron chi connectivity index (χ4n) is 8.26. The third-order valence-electron chi connectivity index (χ3n) is 10.4. The zero-order chi connectivity index (χ0) is 29.3. The maximum atomic E-state index is 4.44. The molecule has 6 aliphatic rings. The van der Waals surface area contributed by atoms with E-state index < -0.39 is 0 Å². The van der Waals surface area contributed by atoms with Crippen molar-refractivity contribution >= 4 is 17.4 Å². The van der Waals surface area contributed by atoms with Crippen molar-refractivity contribution in [1.29, 1.82) is 0 Å². The van der Waals surface area contributed by atoms with Gasteiger partial charge in [0, 0.05) is 37.0 Å². The largest absolute Gasteiger partial charge is 0.293 e. The quantitative estimate of drug-likeness (QED) is 0.327. The van der Waals surface area contributed by atoms with Gasteiger partial charge in [0.15, 0.2) is 0 Å². The Morgan fingerprint density at radius 3 is 2.57 bits per heavy atom. The smallest absolute Gasteiger partial charge is 0.0429 e. The number of nitrogens with zero attached hydrogens (tertiary/aromatic N) is 2. The summed E-state index contributed by atoms with van der Waals surface area (Å²) in [5.74, 6) is 1.26. The number of hydrogen-bond acceptors (Lipinski definition) is 2. The molecule has 0 N–H and O–H groups in total. The van der Waals surface area contributed by atoms with Crippen LogP contribution in [0.3, 0.4) is 0 Å². The molecular weight excluding hydrogens is 532 g/mol. The number of fused-ring (bicyclic) bond motifs is 2. The number of allylic oxidation sites excluding steroid dienone is 17. The molecule has 1 aromatic heterocycles. The second-order valence-corrected chi connectivity index (χ2v) is 12.9. The van der Waals surface area contributed by atoms with E-state index >= 15 is 0 Å². The lowest BCUT2D eigenvalue weighted by molar-refractivity contribution is 0.496. The summed E-state index contributed by atoms with van der Waals surface area (Å²) in [4.78, 5) is 8.75. The van der Waals surface area contributed by atoms with Crippen molar-refractivity contribution in [3.8, 4) is 0 Å². The average molecular weight is 573 g/mol. The Bertz CT molecular complexity index is 1780. The molecule has 0 fully saturated rings. The van der Waals surface area contributed by atoms with Crippen LogP contribution >= 0.6 is 0 Å². The summed E-state index contributed by atoms with van der Waals surface area (Å²) in [6, 6.07) is 13.8. The fourth-order valence-corrected chi connectivity index (χ4v) is 8.26. The maximum Gasteiger partial charge on any atom is 0.0429 e. The Balaban J connectivity index is 1.27. The number of pyridine rings is 1. The minimum absolute atomic E-state index is 0.324. The van der Waals surface area contributed by atoms with Gasteiger partial charge in [0.2, 0.25) is 0 Å².